The van der Waals surface area contributed by atoms with Crippen molar-refractivity contribution in [2.75, 3.05) is 59.5 Å². The van der Waals surface area contributed by atoms with Gasteiger partial charge in [0.25, 0.3) is 16.7 Å². The first-order valence-electron chi connectivity index (χ1n) is 44.2. The Morgan fingerprint density at radius 1 is 0.452 bits per heavy atom. The number of hydrogen-bond donors (Lipinski definition) is 4. The molecule has 30 nitrogen and oxygen atoms in total. The molecule has 0 radical (unpaired) electrons. The van der Waals surface area contributed by atoms with Crippen molar-refractivity contribution in [3.63, 3.8) is 0 Å². The topological polar surface area (TPSA) is 392 Å². The molecule has 0 unspecified atom stereocenters. The third kappa shape index (κ3) is 32.7. The number of carbonyl (C=O) groups is 6. The Morgan fingerprint density at radius 2 is 0.748 bits per heavy atom. The van der Waals surface area contributed by atoms with E-state index in [0.717, 1.165) is 71.0 Å². The molecule has 10 aromatic rings. The minimum absolute atomic E-state index is 0.0181. The number of fused-ring (bicyclic) bond motifs is 3. The molecule has 4 atom stereocenters. The predicted octanol–water partition coefficient (Wildman–Crippen LogP) is 18.3. The first-order valence-corrected chi connectivity index (χ1v) is 51.2. The normalized spacial score (nSPS) is 13.4. The number of aromatic nitrogens is 6. The van der Waals surface area contributed by atoms with Crippen LogP contribution in [0.5, 0.6) is 0 Å². The van der Waals surface area contributed by atoms with Gasteiger partial charge in [0.2, 0.25) is 0 Å². The summed E-state index contributed by atoms with van der Waals surface area (Å²) in [6.07, 6.45) is -0.861. The van der Waals surface area contributed by atoms with Crippen molar-refractivity contribution in [2.24, 2.45) is 23.7 Å². The van der Waals surface area contributed by atoms with Gasteiger partial charge in [-0.25, -0.2) is 56.9 Å². The number of aliphatic carboxylic acids is 1. The summed E-state index contributed by atoms with van der Waals surface area (Å²) < 4.78 is 54.8. The molecule has 1 aliphatic heterocycles. The van der Waals surface area contributed by atoms with Crippen LogP contribution >= 0.6 is 64.3 Å². The van der Waals surface area contributed by atoms with Crippen molar-refractivity contribution in [1.29, 1.82) is 0 Å². The van der Waals surface area contributed by atoms with Gasteiger partial charge in [0.15, 0.2) is 0 Å². The van der Waals surface area contributed by atoms with Crippen LogP contribution in [-0.4, -0.2) is 150 Å². The van der Waals surface area contributed by atoms with Gasteiger partial charge in [-0.3, -0.25) is 28.5 Å². The average Bonchev–Trinajstić information content (AvgIpc) is 1.64. The summed E-state index contributed by atoms with van der Waals surface area (Å²) in [5, 5.41) is 27.6. The number of benzene rings is 4. The van der Waals surface area contributed by atoms with E-state index in [9.17, 15) is 62.6 Å². The van der Waals surface area contributed by atoms with Crippen LogP contribution in [0.3, 0.4) is 0 Å². The molecule has 4 aromatic carbocycles. The number of thiophene rings is 3. The minimum atomic E-state index is -1.83. The summed E-state index contributed by atoms with van der Waals surface area (Å²) in [5.41, 5.74) is -5.77. The fraction of sp³-hybridized carbons (Fsp3) is 0.510. The minimum Gasteiger partial charge on any atom is -0.368 e. The average molecular weight is 2040 g/mol. The summed E-state index contributed by atoms with van der Waals surface area (Å²) in [4.78, 5) is 161. The number of rotatable bonds is 31. The Bertz CT molecular complexity index is 5980. The van der Waals surface area contributed by atoms with Crippen LogP contribution in [0.1, 0.15) is 252 Å². The van der Waals surface area contributed by atoms with Crippen molar-refractivity contribution in [1.82, 2.24) is 27.8 Å². The summed E-state index contributed by atoms with van der Waals surface area (Å²) in [7, 11) is 14.7. The van der Waals surface area contributed by atoms with E-state index in [1.165, 1.54) is 56.2 Å². The Labute approximate surface area is 816 Å². The molecule has 0 saturated carbocycles. The largest absolute Gasteiger partial charge is 0.368 e. The second-order valence-corrected chi connectivity index (χ2v) is 45.0. The van der Waals surface area contributed by atoms with Gasteiger partial charge < -0.3 is 58.0 Å². The van der Waals surface area contributed by atoms with Gasteiger partial charge >= 0.3 is 94.3 Å². The van der Waals surface area contributed by atoms with Gasteiger partial charge in [-0.2, -0.15) is 0 Å². The second kappa shape index (κ2) is 52.5. The molecule has 11 rings (SSSR count). The number of carboxylic acids is 1. The maximum atomic E-state index is 14.2. The van der Waals surface area contributed by atoms with E-state index in [-0.39, 0.29) is 97.9 Å². The van der Waals surface area contributed by atoms with E-state index < -0.39 is 121 Å². The number of halogens is 3. The zero-order chi connectivity index (χ0) is 102. The molecule has 1 aliphatic rings. The Balaban J connectivity index is 0.000000309. The molecule has 1 fully saturated rings. The fourth-order valence-corrected chi connectivity index (χ4v) is 16.4. The Kier molecular flexibility index (Phi) is 45.2. The van der Waals surface area contributed by atoms with Crippen LogP contribution in [0.25, 0.3) is 30.6 Å². The number of aryl methyl sites for hydroxylation is 3. The number of hydrogen-bond acceptors (Lipinski definition) is 26. The van der Waals surface area contributed by atoms with Gasteiger partial charge in [0.1, 0.15) is 81.4 Å². The number of nitrogens with zero attached hydrogens (tertiary/aromatic N) is 5. The number of nitrogens with one attached hydrogen (secondary N) is 1. The number of aromatic amines is 1. The SMILES string of the molecule is CC(C)CO.CC(C)CO[C@H](CO)c1ccccc1.CCOC(=O)c1sc2[nH]c(=O)n(C(C)(C)C(=O)OC(C)(C)C)c(=O)c2c1C.CCOC(=O)c1sc2c(c1C)c(=O)n(C(C)(C)C(=O)O)c(=O)n2C[C@@H](OCC(C)C)c1ccccc1.CCOC(=O)c1sc2c(c1C)c(=O)n(C(C)(C)C(=O)OC(C)(C)C)c(=O)n2C[C@@H](OCC(C)C)c1ccccc1.[Cl][Fe]([Cl])[Cl].c1ccc([C@@H]2CO2)cc1. The van der Waals surface area contributed by atoms with Gasteiger partial charge in [-0.05, 0) is 187 Å². The Morgan fingerprint density at radius 3 is 1.05 bits per heavy atom. The van der Waals surface area contributed by atoms with Crippen molar-refractivity contribution < 1.29 is 97.9 Å². The molecule has 1 saturated heterocycles. The standard InChI is InChI=1S/C30H40N2O7S.C26H32N2O7S.C18H24N2O6S.C12H18O2.C8H8O.C4H10O.3ClH.Fe/c1-10-37-26(34)23-19(4)22-24(33)32(30(8,9)27(35)39-29(5,6)7)28(36)31(25(22)40-23)16-21(38-17-18(2)3)20-14-12-11-13-15-20;1-7-34-23(30)20-16(4)19-21(29)28(26(5,6)24(31)32)25(33)27(22(19)36-20)13-18(35-14-15(2)3)17-11-9-8-10-12-17;1-8-25-14(22)11-9(2)10-12(27-11)19-16(24)20(13(10)21)18(6,7)15(23)26-17(3,4)5;1-10(2)9-14-12(8-13)11-6-4-3-5-7-11;1-2-4-7(5-3-1)8-6-9-8;1-4(2)3-5;;;;/h11-15,18,21H,10,16-17H2,1-9H3;8-12,15,18H,7,13-14H2,1-6H3,(H,31,32);8H2,1-7H3,(H,19,24);3-7,10,12-13H,8-9H2,1-2H3;1-5,8H,6H2;4-5H,3H2,1-2H3;3*1H;/q;;;;;;;;;+3/p-3/t21-;18-;;12-;8-;;;;;/m11.10...../s1. The molecule has 4 N–H and O–H groups in total. The van der Waals surface area contributed by atoms with Crippen LogP contribution in [0.2, 0.25) is 0 Å². The summed E-state index contributed by atoms with van der Waals surface area (Å²) in [6, 6.07) is 39.0. The second-order valence-electron chi connectivity index (χ2n) is 36.5. The summed E-state index contributed by atoms with van der Waals surface area (Å²) in [6.45, 7) is 48.2. The summed E-state index contributed by atoms with van der Waals surface area (Å²) in [5.74, 6) is -3.10. The van der Waals surface area contributed by atoms with E-state index >= 15 is 0 Å². The van der Waals surface area contributed by atoms with Gasteiger partial charge in [-0.15, -0.1) is 34.0 Å². The molecule has 7 heterocycles. The number of ether oxygens (including phenoxy) is 9. The van der Waals surface area contributed by atoms with Gasteiger partial charge in [-0.1, -0.05) is 177 Å². The van der Waals surface area contributed by atoms with Crippen LogP contribution in [0.4, 0.5) is 0 Å². The molecular formula is C98H132Cl3FeN6O24S3. The quantitative estimate of drug-likeness (QED) is 0.0136. The molecule has 0 amide bonds. The van der Waals surface area contributed by atoms with Crippen LogP contribution < -0.4 is 33.7 Å². The van der Waals surface area contributed by atoms with E-state index in [4.69, 9.17) is 83.1 Å². The fourth-order valence-electron chi connectivity index (χ4n) is 12.9. The molecular weight excluding hydrogens is 1900 g/mol. The third-order valence-electron chi connectivity index (χ3n) is 19.9. The number of carbonyl (C=O) groups excluding carboxylic acids is 5. The van der Waals surface area contributed by atoms with Crippen LogP contribution in [0, 0.1) is 44.4 Å². The van der Waals surface area contributed by atoms with E-state index in [1.807, 2.05) is 151 Å². The van der Waals surface area contributed by atoms with Crippen molar-refractivity contribution in [2.45, 2.75) is 245 Å². The number of epoxide rings is 1. The molecule has 37 heteroatoms. The monoisotopic (exact) mass is 2030 g/mol. The molecule has 135 heavy (non-hydrogen) atoms. The predicted molar refractivity (Wildman–Crippen MR) is 528 cm³/mol. The third-order valence-corrected chi connectivity index (χ3v) is 23.7. The number of H-pyrrole nitrogens is 1. The van der Waals surface area contributed by atoms with Gasteiger partial charge in [0.05, 0.1) is 62.3 Å². The van der Waals surface area contributed by atoms with E-state index in [0.29, 0.717) is 65.9 Å². The maximum Gasteiger partial charge on any atom is 0.106 e. The molecule has 6 aromatic heterocycles. The van der Waals surface area contributed by atoms with E-state index in [2.05, 4.69) is 31.0 Å². The molecule has 0 bridgehead atoms. The number of aliphatic hydroxyl groups is 2. The smallest absolute Gasteiger partial charge is 0.106 e. The Hall–Kier alpha value is -9.23. The number of carboxylic acid groups (broad SMARTS) is 1. The molecule has 745 valence electrons. The number of aliphatic hydroxyl groups excluding tert-OH is 2. The van der Waals surface area contributed by atoms with Crippen LogP contribution in [-0.2, 0) is 97.9 Å². The van der Waals surface area contributed by atoms with Gasteiger partial charge in [0, 0.05) is 26.4 Å². The molecule has 0 aliphatic carbocycles. The summed E-state index contributed by atoms with van der Waals surface area (Å²) >= 11 is 1.66. The van der Waals surface area contributed by atoms with Crippen molar-refractivity contribution in [3.8, 4) is 0 Å². The van der Waals surface area contributed by atoms with Crippen molar-refractivity contribution in [3.05, 3.63) is 237 Å². The molecule has 0 spiro atoms. The zero-order valence-corrected chi connectivity index (χ0v) is 87.6. The first-order chi connectivity index (χ1) is 63.0. The number of esters is 5. The van der Waals surface area contributed by atoms with E-state index in [1.54, 1.807) is 83.1 Å². The van der Waals surface area contributed by atoms with Crippen LogP contribution in [0.15, 0.2) is 150 Å². The first kappa shape index (κ1) is 116. The maximum absolute atomic E-state index is 14.2. The zero-order valence-electron chi connectivity index (χ0n) is 81.8. The van der Waals surface area contributed by atoms with Crippen molar-refractivity contribution >= 4 is 131 Å².